The predicted molar refractivity (Wildman–Crippen MR) is 73.3 cm³/mol. The third-order valence-corrected chi connectivity index (χ3v) is 3.56. The molecule has 0 aliphatic carbocycles. The number of carboxylic acids is 1. The van der Waals surface area contributed by atoms with Gasteiger partial charge in [0.2, 0.25) is 5.91 Å². The second kappa shape index (κ2) is 6.22. The average Bonchev–Trinajstić information content (AvgIpc) is 2.44. The molecule has 1 fully saturated rings. The summed E-state index contributed by atoms with van der Waals surface area (Å²) in [5, 5.41) is 9.33. The van der Waals surface area contributed by atoms with Gasteiger partial charge in [-0.05, 0) is 30.5 Å². The molecular weight excluding hydrogens is 277 g/mol. The van der Waals surface area contributed by atoms with Gasteiger partial charge in [-0.25, -0.2) is 9.18 Å². The molecule has 1 heterocycles. The molecule has 0 aromatic heterocycles. The molecule has 1 amide bonds. The largest absolute Gasteiger partial charge is 0.479 e. The van der Waals surface area contributed by atoms with Crippen LogP contribution in [0.2, 0.25) is 0 Å². The van der Waals surface area contributed by atoms with Crippen molar-refractivity contribution in [1.29, 1.82) is 0 Å². The van der Waals surface area contributed by atoms with Crippen molar-refractivity contribution in [2.45, 2.75) is 32.4 Å². The van der Waals surface area contributed by atoms with Gasteiger partial charge >= 0.3 is 5.97 Å². The molecule has 0 radical (unpaired) electrons. The zero-order valence-electron chi connectivity index (χ0n) is 12.0. The molecule has 0 spiro atoms. The van der Waals surface area contributed by atoms with Crippen LogP contribution in [0.3, 0.4) is 0 Å². The van der Waals surface area contributed by atoms with E-state index in [0.29, 0.717) is 24.1 Å². The highest BCUT2D eigenvalue weighted by atomic mass is 19.1. The van der Waals surface area contributed by atoms with Crippen LogP contribution in [-0.4, -0.2) is 41.1 Å². The Kier molecular flexibility index (Phi) is 4.57. The second-order valence-corrected chi connectivity index (χ2v) is 5.11. The first-order valence-electron chi connectivity index (χ1n) is 6.85. The van der Waals surface area contributed by atoms with Crippen LogP contribution in [0.25, 0.3) is 0 Å². The summed E-state index contributed by atoms with van der Waals surface area (Å²) < 4.78 is 18.6. The van der Waals surface area contributed by atoms with Crippen molar-refractivity contribution in [3.63, 3.8) is 0 Å². The molecule has 0 bridgehead atoms. The van der Waals surface area contributed by atoms with Crippen molar-refractivity contribution in [3.05, 3.63) is 35.1 Å². The first kappa shape index (κ1) is 15.4. The van der Waals surface area contributed by atoms with Crippen molar-refractivity contribution in [3.8, 4) is 0 Å². The lowest BCUT2D eigenvalue weighted by Crippen LogP contribution is -2.52. The van der Waals surface area contributed by atoms with Crippen LogP contribution >= 0.6 is 0 Å². The molecule has 1 aliphatic heterocycles. The number of ether oxygens (including phenoxy) is 1. The monoisotopic (exact) mass is 295 g/mol. The first-order chi connectivity index (χ1) is 9.95. The number of morpholine rings is 1. The van der Waals surface area contributed by atoms with Crippen LogP contribution in [0.5, 0.6) is 0 Å². The first-order valence-corrected chi connectivity index (χ1v) is 6.85. The van der Waals surface area contributed by atoms with Crippen LogP contribution in [0.4, 0.5) is 4.39 Å². The summed E-state index contributed by atoms with van der Waals surface area (Å²) >= 11 is 0. The minimum atomic E-state index is -1.14. The van der Waals surface area contributed by atoms with Crippen molar-refractivity contribution in [2.24, 2.45) is 0 Å². The van der Waals surface area contributed by atoms with Crippen molar-refractivity contribution < 1.29 is 23.8 Å². The maximum Gasteiger partial charge on any atom is 0.335 e. The SMILES string of the molecule is CCCN1C(=O)COC(C(=O)O)C1c1ccc(F)c(C)c1. The van der Waals surface area contributed by atoms with E-state index in [2.05, 4.69) is 0 Å². The Labute approximate surface area is 122 Å². The molecule has 0 saturated carbocycles. The lowest BCUT2D eigenvalue weighted by Gasteiger charge is -2.39. The average molecular weight is 295 g/mol. The Hall–Kier alpha value is -1.95. The number of rotatable bonds is 4. The molecule has 21 heavy (non-hydrogen) atoms. The van der Waals surface area contributed by atoms with E-state index in [1.807, 2.05) is 6.92 Å². The Balaban J connectivity index is 2.45. The summed E-state index contributed by atoms with van der Waals surface area (Å²) in [5.41, 5.74) is 0.980. The smallest absolute Gasteiger partial charge is 0.335 e. The number of benzene rings is 1. The lowest BCUT2D eigenvalue weighted by atomic mass is 9.96. The zero-order valence-corrected chi connectivity index (χ0v) is 12.0. The molecular formula is C15H18FNO4. The molecule has 1 aliphatic rings. The van der Waals surface area contributed by atoms with Gasteiger partial charge in [0.25, 0.3) is 0 Å². The molecule has 1 N–H and O–H groups in total. The molecule has 2 rings (SSSR count). The number of carboxylic acid groups (broad SMARTS) is 1. The van der Waals surface area contributed by atoms with E-state index in [0.717, 1.165) is 0 Å². The van der Waals surface area contributed by atoms with E-state index in [1.54, 1.807) is 13.0 Å². The second-order valence-electron chi connectivity index (χ2n) is 5.11. The summed E-state index contributed by atoms with van der Waals surface area (Å²) in [4.78, 5) is 24.9. The van der Waals surface area contributed by atoms with Crippen LogP contribution < -0.4 is 0 Å². The van der Waals surface area contributed by atoms with E-state index in [-0.39, 0.29) is 18.3 Å². The summed E-state index contributed by atoms with van der Waals surface area (Å²) in [7, 11) is 0. The number of amides is 1. The van der Waals surface area contributed by atoms with Gasteiger partial charge in [0.1, 0.15) is 12.4 Å². The molecule has 5 nitrogen and oxygen atoms in total. The van der Waals surface area contributed by atoms with Crippen LogP contribution in [0.15, 0.2) is 18.2 Å². The molecule has 1 aromatic rings. The number of halogens is 1. The quantitative estimate of drug-likeness (QED) is 0.921. The minimum Gasteiger partial charge on any atom is -0.479 e. The molecule has 1 saturated heterocycles. The molecule has 1 aromatic carbocycles. The van der Waals surface area contributed by atoms with Gasteiger partial charge in [-0.15, -0.1) is 0 Å². The van der Waals surface area contributed by atoms with Gasteiger partial charge in [0, 0.05) is 6.54 Å². The minimum absolute atomic E-state index is 0.242. The Morgan fingerprint density at radius 2 is 2.24 bits per heavy atom. The van der Waals surface area contributed by atoms with Crippen LogP contribution in [0.1, 0.15) is 30.5 Å². The maximum atomic E-state index is 13.4. The van der Waals surface area contributed by atoms with Gasteiger partial charge in [0.15, 0.2) is 6.10 Å². The van der Waals surface area contributed by atoms with E-state index in [4.69, 9.17) is 4.74 Å². The van der Waals surface area contributed by atoms with Gasteiger partial charge in [-0.2, -0.15) is 0 Å². The molecule has 114 valence electrons. The predicted octanol–water partition coefficient (Wildman–Crippen LogP) is 1.90. The van der Waals surface area contributed by atoms with Gasteiger partial charge in [-0.1, -0.05) is 19.1 Å². The Morgan fingerprint density at radius 1 is 1.52 bits per heavy atom. The van der Waals surface area contributed by atoms with Crippen LogP contribution in [0, 0.1) is 12.7 Å². The van der Waals surface area contributed by atoms with Gasteiger partial charge < -0.3 is 14.7 Å². The van der Waals surface area contributed by atoms with Crippen molar-refractivity contribution in [1.82, 2.24) is 4.90 Å². The molecule has 2 atom stereocenters. The summed E-state index contributed by atoms with van der Waals surface area (Å²) in [6, 6.07) is 3.63. The van der Waals surface area contributed by atoms with Gasteiger partial charge in [-0.3, -0.25) is 4.79 Å². The van der Waals surface area contributed by atoms with Crippen molar-refractivity contribution >= 4 is 11.9 Å². The fraction of sp³-hybridized carbons (Fsp3) is 0.467. The fourth-order valence-electron chi connectivity index (χ4n) is 2.57. The van der Waals surface area contributed by atoms with E-state index >= 15 is 0 Å². The highest BCUT2D eigenvalue weighted by Crippen LogP contribution is 2.31. The Bertz CT molecular complexity index is 561. The third-order valence-electron chi connectivity index (χ3n) is 3.56. The zero-order chi connectivity index (χ0) is 15.6. The van der Waals surface area contributed by atoms with Gasteiger partial charge in [0.05, 0.1) is 6.04 Å². The summed E-state index contributed by atoms with van der Waals surface area (Å²) in [6.45, 7) is 3.70. The van der Waals surface area contributed by atoms with Crippen molar-refractivity contribution in [2.75, 3.05) is 13.2 Å². The summed E-state index contributed by atoms with van der Waals surface area (Å²) in [5.74, 6) is -1.74. The third kappa shape index (κ3) is 3.05. The number of carbonyl (C=O) groups excluding carboxylic acids is 1. The highest BCUT2D eigenvalue weighted by molar-refractivity contribution is 5.83. The summed E-state index contributed by atoms with van der Waals surface area (Å²) in [6.07, 6.45) is -0.437. The number of aliphatic carboxylic acids is 1. The lowest BCUT2D eigenvalue weighted by molar-refractivity contribution is -0.173. The maximum absolute atomic E-state index is 13.4. The number of carbonyl (C=O) groups is 2. The molecule has 2 unspecified atom stereocenters. The Morgan fingerprint density at radius 3 is 2.81 bits per heavy atom. The van der Waals surface area contributed by atoms with Crippen LogP contribution in [-0.2, 0) is 14.3 Å². The topological polar surface area (TPSA) is 66.8 Å². The molecule has 6 heteroatoms. The number of hydrogen-bond donors (Lipinski definition) is 1. The fourth-order valence-corrected chi connectivity index (χ4v) is 2.57. The van der Waals surface area contributed by atoms with E-state index < -0.39 is 18.1 Å². The highest BCUT2D eigenvalue weighted by Gasteiger charge is 2.41. The number of aryl methyl sites for hydroxylation is 1. The number of nitrogens with zero attached hydrogens (tertiary/aromatic N) is 1. The number of hydrogen-bond acceptors (Lipinski definition) is 3. The van der Waals surface area contributed by atoms with E-state index in [1.165, 1.54) is 17.0 Å². The standard InChI is InChI=1S/C15H18FNO4/c1-3-6-17-12(18)8-21-14(15(19)20)13(17)10-4-5-11(16)9(2)7-10/h4-5,7,13-14H,3,6,8H2,1-2H3,(H,19,20). The normalized spacial score (nSPS) is 22.4. The van der Waals surface area contributed by atoms with E-state index in [9.17, 15) is 19.1 Å².